The fraction of sp³-hybridized carbons (Fsp3) is 0.727. The lowest BCUT2D eigenvalue weighted by atomic mass is 10.0. The van der Waals surface area contributed by atoms with Gasteiger partial charge in [-0.1, -0.05) is 6.08 Å². The quantitative estimate of drug-likeness (QED) is 0.752. The van der Waals surface area contributed by atoms with E-state index in [9.17, 15) is 18.0 Å². The van der Waals surface area contributed by atoms with Gasteiger partial charge in [0.25, 0.3) is 0 Å². The average Bonchev–Trinajstić information content (AvgIpc) is 3.08. The second-order valence-electron chi connectivity index (χ2n) is 4.71. The Balaban J connectivity index is 2.00. The number of nitrogens with zero attached hydrogens (tertiary/aromatic N) is 1. The molecule has 1 fully saturated rings. The maximum atomic E-state index is 12.4. The molecular formula is C11H15F3N2O. The second kappa shape index (κ2) is 4.01. The summed E-state index contributed by atoms with van der Waals surface area (Å²) in [6.45, 7) is 0.486. The third-order valence-electron chi connectivity index (χ3n) is 3.56. The Morgan fingerprint density at radius 2 is 2.12 bits per heavy atom. The van der Waals surface area contributed by atoms with Crippen LogP contribution < -0.4 is 5.73 Å². The first-order valence-corrected chi connectivity index (χ1v) is 5.65. The van der Waals surface area contributed by atoms with Gasteiger partial charge >= 0.3 is 6.18 Å². The van der Waals surface area contributed by atoms with Crippen molar-refractivity contribution in [3.05, 3.63) is 11.6 Å². The summed E-state index contributed by atoms with van der Waals surface area (Å²) in [5, 5.41) is 0. The zero-order valence-corrected chi connectivity index (χ0v) is 9.39. The highest BCUT2D eigenvalue weighted by molar-refractivity contribution is 5.86. The van der Waals surface area contributed by atoms with E-state index in [1.54, 1.807) is 0 Å². The molecule has 1 heterocycles. The van der Waals surface area contributed by atoms with Gasteiger partial charge in [-0.3, -0.25) is 4.79 Å². The summed E-state index contributed by atoms with van der Waals surface area (Å²) >= 11 is 0. The van der Waals surface area contributed by atoms with E-state index in [1.807, 2.05) is 0 Å². The molecule has 17 heavy (non-hydrogen) atoms. The monoisotopic (exact) mass is 248 g/mol. The molecular weight excluding hydrogens is 233 g/mol. The fourth-order valence-corrected chi connectivity index (χ4v) is 2.10. The Morgan fingerprint density at radius 3 is 2.47 bits per heavy atom. The highest BCUT2D eigenvalue weighted by atomic mass is 19.4. The van der Waals surface area contributed by atoms with Crippen LogP contribution in [0.15, 0.2) is 11.6 Å². The average molecular weight is 248 g/mol. The SMILES string of the molecule is NCC1(C(=O)N2CC=C(C(F)(F)F)CC2)CC1. The predicted octanol–water partition coefficient (Wildman–Crippen LogP) is 1.45. The summed E-state index contributed by atoms with van der Waals surface area (Å²) in [7, 11) is 0. The molecule has 1 aliphatic carbocycles. The normalized spacial score (nSPS) is 23.3. The molecule has 0 bridgehead atoms. The number of hydrogen-bond acceptors (Lipinski definition) is 2. The molecule has 0 radical (unpaired) electrons. The lowest BCUT2D eigenvalue weighted by Crippen LogP contribution is -2.43. The van der Waals surface area contributed by atoms with Crippen LogP contribution >= 0.6 is 0 Å². The van der Waals surface area contributed by atoms with Crippen molar-refractivity contribution >= 4 is 5.91 Å². The van der Waals surface area contributed by atoms with E-state index < -0.39 is 17.2 Å². The van der Waals surface area contributed by atoms with E-state index in [0.29, 0.717) is 0 Å². The van der Waals surface area contributed by atoms with Gasteiger partial charge in [-0.15, -0.1) is 0 Å². The molecule has 3 nitrogen and oxygen atoms in total. The van der Waals surface area contributed by atoms with Crippen molar-refractivity contribution in [2.24, 2.45) is 11.1 Å². The molecule has 1 amide bonds. The first-order valence-electron chi connectivity index (χ1n) is 5.65. The largest absolute Gasteiger partial charge is 0.412 e. The number of amides is 1. The Morgan fingerprint density at radius 1 is 1.47 bits per heavy atom. The first-order chi connectivity index (χ1) is 7.89. The molecule has 2 N–H and O–H groups in total. The van der Waals surface area contributed by atoms with Crippen molar-refractivity contribution in [1.29, 1.82) is 0 Å². The van der Waals surface area contributed by atoms with Crippen LogP contribution in [0.3, 0.4) is 0 Å². The number of nitrogens with two attached hydrogens (primary N) is 1. The minimum atomic E-state index is -4.26. The van der Waals surface area contributed by atoms with Crippen molar-refractivity contribution in [1.82, 2.24) is 4.90 Å². The summed E-state index contributed by atoms with van der Waals surface area (Å²) in [5.41, 5.74) is 4.53. The lowest BCUT2D eigenvalue weighted by Gasteiger charge is -2.30. The van der Waals surface area contributed by atoms with E-state index in [-0.39, 0.29) is 32.0 Å². The van der Waals surface area contributed by atoms with Crippen LogP contribution in [0.25, 0.3) is 0 Å². The van der Waals surface area contributed by atoms with Gasteiger partial charge in [0, 0.05) is 25.2 Å². The molecule has 1 aliphatic heterocycles. The Kier molecular flexibility index (Phi) is 2.93. The highest BCUT2D eigenvalue weighted by Gasteiger charge is 2.50. The molecule has 0 spiro atoms. The highest BCUT2D eigenvalue weighted by Crippen LogP contribution is 2.46. The molecule has 6 heteroatoms. The minimum Gasteiger partial charge on any atom is -0.338 e. The minimum absolute atomic E-state index is 0.0510. The summed E-state index contributed by atoms with van der Waals surface area (Å²) < 4.78 is 37.2. The van der Waals surface area contributed by atoms with E-state index in [1.165, 1.54) is 4.90 Å². The summed E-state index contributed by atoms with van der Waals surface area (Å²) in [6.07, 6.45) is -1.76. The summed E-state index contributed by atoms with van der Waals surface area (Å²) in [4.78, 5) is 13.5. The van der Waals surface area contributed by atoms with Gasteiger partial charge in [-0.25, -0.2) is 0 Å². The van der Waals surface area contributed by atoms with Crippen LogP contribution in [0.1, 0.15) is 19.3 Å². The van der Waals surface area contributed by atoms with E-state index in [4.69, 9.17) is 5.73 Å². The number of carbonyl (C=O) groups excluding carboxylic acids is 1. The lowest BCUT2D eigenvalue weighted by molar-refractivity contribution is -0.137. The Hall–Kier alpha value is -1.04. The molecule has 2 aliphatic rings. The summed E-state index contributed by atoms with van der Waals surface area (Å²) in [6, 6.07) is 0. The van der Waals surface area contributed by atoms with Crippen LogP contribution in [0.5, 0.6) is 0 Å². The van der Waals surface area contributed by atoms with Crippen molar-refractivity contribution in [2.45, 2.75) is 25.4 Å². The van der Waals surface area contributed by atoms with Gasteiger partial charge in [-0.2, -0.15) is 13.2 Å². The van der Waals surface area contributed by atoms with Crippen LogP contribution in [0.4, 0.5) is 13.2 Å². The second-order valence-corrected chi connectivity index (χ2v) is 4.71. The standard InChI is InChI=1S/C11H15F3N2O/c12-11(13,14)8-1-5-16(6-2-8)9(17)10(7-15)3-4-10/h1H,2-7,15H2. The molecule has 0 atom stereocenters. The zero-order valence-electron chi connectivity index (χ0n) is 9.39. The topological polar surface area (TPSA) is 46.3 Å². The van der Waals surface area contributed by atoms with Crippen LogP contribution in [0.2, 0.25) is 0 Å². The molecule has 0 unspecified atom stereocenters. The smallest absolute Gasteiger partial charge is 0.338 e. The third-order valence-corrected chi connectivity index (χ3v) is 3.56. The van der Waals surface area contributed by atoms with Gasteiger partial charge in [0.15, 0.2) is 0 Å². The van der Waals surface area contributed by atoms with E-state index in [0.717, 1.165) is 18.9 Å². The van der Waals surface area contributed by atoms with Gasteiger partial charge < -0.3 is 10.6 Å². The zero-order chi connectivity index (χ0) is 12.7. The Bertz CT molecular complexity index is 358. The van der Waals surface area contributed by atoms with Crippen LogP contribution in [-0.2, 0) is 4.79 Å². The molecule has 1 saturated carbocycles. The van der Waals surface area contributed by atoms with E-state index >= 15 is 0 Å². The van der Waals surface area contributed by atoms with Crippen molar-refractivity contribution in [3.8, 4) is 0 Å². The van der Waals surface area contributed by atoms with Gasteiger partial charge in [0.2, 0.25) is 5.91 Å². The maximum Gasteiger partial charge on any atom is 0.412 e. The van der Waals surface area contributed by atoms with Gasteiger partial charge in [-0.05, 0) is 19.3 Å². The van der Waals surface area contributed by atoms with Gasteiger partial charge in [0.05, 0.1) is 5.41 Å². The predicted molar refractivity (Wildman–Crippen MR) is 56.1 cm³/mol. The first kappa shape index (κ1) is 12.4. The van der Waals surface area contributed by atoms with Gasteiger partial charge in [0.1, 0.15) is 0 Å². The van der Waals surface area contributed by atoms with Crippen molar-refractivity contribution < 1.29 is 18.0 Å². The van der Waals surface area contributed by atoms with Crippen LogP contribution in [0, 0.1) is 5.41 Å². The summed E-state index contributed by atoms with van der Waals surface area (Å²) in [5.74, 6) is -0.0857. The van der Waals surface area contributed by atoms with E-state index in [2.05, 4.69) is 0 Å². The maximum absolute atomic E-state index is 12.4. The molecule has 0 aromatic carbocycles. The third kappa shape index (κ3) is 2.31. The number of rotatable bonds is 2. The molecule has 2 rings (SSSR count). The molecule has 0 aromatic rings. The fourth-order valence-electron chi connectivity index (χ4n) is 2.10. The van der Waals surface area contributed by atoms with Crippen LogP contribution in [-0.4, -0.2) is 36.6 Å². The number of hydrogen-bond donors (Lipinski definition) is 1. The van der Waals surface area contributed by atoms with Crippen molar-refractivity contribution in [3.63, 3.8) is 0 Å². The van der Waals surface area contributed by atoms with Crippen molar-refractivity contribution in [2.75, 3.05) is 19.6 Å². The number of halogens is 3. The molecule has 0 aromatic heterocycles. The number of alkyl halides is 3. The number of carbonyl (C=O) groups is 1. The molecule has 0 saturated heterocycles. The molecule has 96 valence electrons. The Labute approximate surface area is 97.4 Å².